The summed E-state index contributed by atoms with van der Waals surface area (Å²) in [4.78, 5) is 0. The Kier molecular flexibility index (Phi) is 1.72. The molecule has 10 heavy (non-hydrogen) atoms. The lowest BCUT2D eigenvalue weighted by atomic mass is 9.76. The monoisotopic (exact) mass is 136 g/mol. The van der Waals surface area contributed by atoms with Gasteiger partial charge in [0.15, 0.2) is 0 Å². The average Bonchev–Trinajstić information content (AvgIpc) is 1.54. The van der Waals surface area contributed by atoms with E-state index < -0.39 is 0 Å². The van der Waals surface area contributed by atoms with E-state index in [9.17, 15) is 0 Å². The summed E-state index contributed by atoms with van der Waals surface area (Å²) in [6, 6.07) is 0. The van der Waals surface area contributed by atoms with E-state index in [4.69, 9.17) is 0 Å². The maximum Gasteiger partial charge on any atom is -0.0230 e. The summed E-state index contributed by atoms with van der Waals surface area (Å²) in [5.41, 5.74) is 3.21. The van der Waals surface area contributed by atoms with Crippen molar-refractivity contribution in [3.8, 4) is 0 Å². The zero-order chi connectivity index (χ0) is 7.78. The summed E-state index contributed by atoms with van der Waals surface area (Å²) in [6.45, 7) is 10.8. The maximum atomic E-state index is 3.98. The van der Waals surface area contributed by atoms with E-state index in [1.54, 1.807) is 0 Å². The van der Waals surface area contributed by atoms with Crippen molar-refractivity contribution in [3.05, 3.63) is 23.8 Å². The molecule has 0 bridgehead atoms. The number of hydrogen-bond acceptors (Lipinski definition) is 0. The molecule has 0 aromatic heterocycles. The SMILES string of the molecule is C=C1C=C(C)CC(C)(C)C1. The first-order valence-corrected chi connectivity index (χ1v) is 3.85. The van der Waals surface area contributed by atoms with E-state index in [-0.39, 0.29) is 0 Å². The number of hydrogen-bond donors (Lipinski definition) is 0. The molecule has 0 atom stereocenters. The Morgan fingerprint density at radius 3 is 2.40 bits per heavy atom. The van der Waals surface area contributed by atoms with Crippen molar-refractivity contribution in [1.82, 2.24) is 0 Å². The Morgan fingerprint density at radius 2 is 2.00 bits per heavy atom. The van der Waals surface area contributed by atoms with Crippen molar-refractivity contribution in [2.24, 2.45) is 5.41 Å². The molecule has 0 unspecified atom stereocenters. The fraction of sp³-hybridized carbons (Fsp3) is 0.600. The van der Waals surface area contributed by atoms with Crippen LogP contribution in [0.25, 0.3) is 0 Å². The first-order valence-electron chi connectivity index (χ1n) is 3.85. The molecule has 1 rings (SSSR count). The van der Waals surface area contributed by atoms with Crippen molar-refractivity contribution in [2.45, 2.75) is 33.6 Å². The summed E-state index contributed by atoms with van der Waals surface area (Å²) < 4.78 is 0. The first kappa shape index (κ1) is 7.59. The molecule has 0 spiro atoms. The normalized spacial score (nSPS) is 24.3. The minimum Gasteiger partial charge on any atom is -0.0958 e. The number of allylic oxidation sites excluding steroid dienone is 3. The molecule has 1 aliphatic carbocycles. The number of rotatable bonds is 0. The van der Waals surface area contributed by atoms with Crippen molar-refractivity contribution in [1.29, 1.82) is 0 Å². The summed E-state index contributed by atoms with van der Waals surface area (Å²) in [7, 11) is 0. The molecule has 0 heteroatoms. The zero-order valence-electron chi connectivity index (χ0n) is 7.20. The van der Waals surface area contributed by atoms with E-state index >= 15 is 0 Å². The first-order chi connectivity index (χ1) is 4.49. The minimum absolute atomic E-state index is 0.454. The fourth-order valence-corrected chi connectivity index (χ4v) is 1.88. The second-order valence-electron chi connectivity index (χ2n) is 4.17. The van der Waals surface area contributed by atoms with Crippen molar-refractivity contribution < 1.29 is 0 Å². The molecule has 0 amide bonds. The molecule has 1 aliphatic rings. The minimum atomic E-state index is 0.454. The molecule has 0 heterocycles. The molecule has 0 nitrogen and oxygen atoms in total. The molecule has 0 aromatic rings. The highest BCUT2D eigenvalue weighted by atomic mass is 14.3. The van der Waals surface area contributed by atoms with Crippen LogP contribution in [0.4, 0.5) is 0 Å². The Bertz CT molecular complexity index is 182. The van der Waals surface area contributed by atoms with Gasteiger partial charge in [-0.05, 0) is 25.2 Å². The van der Waals surface area contributed by atoms with Crippen LogP contribution in [0.3, 0.4) is 0 Å². The Hall–Kier alpha value is -0.520. The van der Waals surface area contributed by atoms with Crippen LogP contribution < -0.4 is 0 Å². The Morgan fingerprint density at radius 1 is 1.40 bits per heavy atom. The van der Waals surface area contributed by atoms with Gasteiger partial charge in [-0.25, -0.2) is 0 Å². The van der Waals surface area contributed by atoms with Gasteiger partial charge in [-0.3, -0.25) is 0 Å². The molecule has 0 saturated heterocycles. The summed E-state index contributed by atoms with van der Waals surface area (Å²) in [6.07, 6.45) is 4.60. The van der Waals surface area contributed by atoms with Crippen LogP contribution in [0.1, 0.15) is 33.6 Å². The molecule has 0 N–H and O–H groups in total. The van der Waals surface area contributed by atoms with E-state index in [1.807, 2.05) is 0 Å². The molecule has 56 valence electrons. The summed E-state index contributed by atoms with van der Waals surface area (Å²) >= 11 is 0. The van der Waals surface area contributed by atoms with Gasteiger partial charge in [0.2, 0.25) is 0 Å². The second-order valence-corrected chi connectivity index (χ2v) is 4.17. The fourth-order valence-electron chi connectivity index (χ4n) is 1.88. The highest BCUT2D eigenvalue weighted by molar-refractivity contribution is 5.25. The quantitative estimate of drug-likeness (QED) is 0.479. The lowest BCUT2D eigenvalue weighted by Crippen LogP contribution is -2.15. The standard InChI is InChI=1S/C10H16/c1-8-5-9(2)7-10(3,4)6-8/h5H,1,6-7H2,2-4H3. The van der Waals surface area contributed by atoms with E-state index in [0.717, 1.165) is 6.42 Å². The third-order valence-corrected chi connectivity index (χ3v) is 1.91. The van der Waals surface area contributed by atoms with Crippen LogP contribution in [0.2, 0.25) is 0 Å². The Balaban J connectivity index is 2.80. The lowest BCUT2D eigenvalue weighted by molar-refractivity contribution is 0.352. The van der Waals surface area contributed by atoms with Crippen LogP contribution in [-0.2, 0) is 0 Å². The van der Waals surface area contributed by atoms with Gasteiger partial charge in [-0.15, -0.1) is 0 Å². The predicted octanol–water partition coefficient (Wildman–Crippen LogP) is 3.31. The maximum absolute atomic E-state index is 3.98. The van der Waals surface area contributed by atoms with Crippen molar-refractivity contribution in [2.75, 3.05) is 0 Å². The largest absolute Gasteiger partial charge is 0.0958 e. The molecule has 0 aliphatic heterocycles. The van der Waals surface area contributed by atoms with E-state index in [0.29, 0.717) is 5.41 Å². The van der Waals surface area contributed by atoms with Gasteiger partial charge >= 0.3 is 0 Å². The van der Waals surface area contributed by atoms with Crippen LogP contribution in [0, 0.1) is 5.41 Å². The molecular weight excluding hydrogens is 120 g/mol. The van der Waals surface area contributed by atoms with Gasteiger partial charge in [-0.1, -0.05) is 37.6 Å². The van der Waals surface area contributed by atoms with Crippen LogP contribution in [-0.4, -0.2) is 0 Å². The molecule has 0 fully saturated rings. The van der Waals surface area contributed by atoms with Crippen molar-refractivity contribution >= 4 is 0 Å². The van der Waals surface area contributed by atoms with Gasteiger partial charge < -0.3 is 0 Å². The van der Waals surface area contributed by atoms with Gasteiger partial charge in [-0.2, -0.15) is 0 Å². The topological polar surface area (TPSA) is 0 Å². The molecular formula is C10H16. The van der Waals surface area contributed by atoms with Gasteiger partial charge in [0.1, 0.15) is 0 Å². The van der Waals surface area contributed by atoms with Gasteiger partial charge in [0, 0.05) is 0 Å². The lowest BCUT2D eigenvalue weighted by Gasteiger charge is -2.29. The van der Waals surface area contributed by atoms with Crippen LogP contribution >= 0.6 is 0 Å². The Labute approximate surface area is 63.6 Å². The molecule has 0 saturated carbocycles. The summed E-state index contributed by atoms with van der Waals surface area (Å²) in [5, 5.41) is 0. The van der Waals surface area contributed by atoms with Gasteiger partial charge in [0.25, 0.3) is 0 Å². The third-order valence-electron chi connectivity index (χ3n) is 1.91. The van der Waals surface area contributed by atoms with E-state index in [2.05, 4.69) is 33.4 Å². The van der Waals surface area contributed by atoms with Crippen molar-refractivity contribution in [3.63, 3.8) is 0 Å². The van der Waals surface area contributed by atoms with Gasteiger partial charge in [0.05, 0.1) is 0 Å². The van der Waals surface area contributed by atoms with Crippen LogP contribution in [0.15, 0.2) is 23.8 Å². The molecule has 0 radical (unpaired) electrons. The van der Waals surface area contributed by atoms with E-state index in [1.165, 1.54) is 17.6 Å². The van der Waals surface area contributed by atoms with Crippen LogP contribution in [0.5, 0.6) is 0 Å². The smallest absolute Gasteiger partial charge is 0.0230 e. The highest BCUT2D eigenvalue weighted by Crippen LogP contribution is 2.36. The summed E-state index contributed by atoms with van der Waals surface area (Å²) in [5.74, 6) is 0. The third kappa shape index (κ3) is 1.73. The zero-order valence-corrected chi connectivity index (χ0v) is 7.20. The average molecular weight is 136 g/mol. The second kappa shape index (κ2) is 2.26. The molecule has 0 aromatic carbocycles. The predicted molar refractivity (Wildman–Crippen MR) is 45.9 cm³/mol. The highest BCUT2D eigenvalue weighted by Gasteiger charge is 2.22.